The molecule has 1 fully saturated rings. The maximum absolute atomic E-state index is 12.6. The molecule has 1 aliphatic rings. The van der Waals surface area contributed by atoms with Crippen LogP contribution in [0.2, 0.25) is 0 Å². The first-order valence-electron chi connectivity index (χ1n) is 7.98. The van der Waals surface area contributed by atoms with Crippen LogP contribution in [0.4, 0.5) is 13.2 Å². The number of amides is 1. The second-order valence-corrected chi connectivity index (χ2v) is 5.76. The Kier molecular flexibility index (Phi) is 5.24. The van der Waals surface area contributed by atoms with Crippen LogP contribution in [-0.2, 0) is 0 Å². The van der Waals surface area contributed by atoms with Gasteiger partial charge >= 0.3 is 6.36 Å². The van der Waals surface area contributed by atoms with Gasteiger partial charge in [0, 0.05) is 24.4 Å². The lowest BCUT2D eigenvalue weighted by molar-refractivity contribution is -0.274. The summed E-state index contributed by atoms with van der Waals surface area (Å²) in [7, 11) is 0. The Hall–Kier alpha value is -2.84. The van der Waals surface area contributed by atoms with Gasteiger partial charge in [-0.2, -0.15) is 0 Å². The molecule has 26 heavy (non-hydrogen) atoms. The van der Waals surface area contributed by atoms with Gasteiger partial charge in [-0.1, -0.05) is 6.07 Å². The van der Waals surface area contributed by atoms with Gasteiger partial charge < -0.3 is 14.4 Å². The summed E-state index contributed by atoms with van der Waals surface area (Å²) in [5.74, 6) is -0.373. The second-order valence-electron chi connectivity index (χ2n) is 5.76. The molecular weight excluding hydrogens is 351 g/mol. The summed E-state index contributed by atoms with van der Waals surface area (Å²) < 4.78 is 46.6. The second kappa shape index (κ2) is 7.59. The zero-order valence-electron chi connectivity index (χ0n) is 13.6. The monoisotopic (exact) mass is 367 g/mol. The molecule has 0 spiro atoms. The molecule has 0 radical (unpaired) electrons. The van der Waals surface area contributed by atoms with Crippen molar-refractivity contribution >= 4 is 5.91 Å². The van der Waals surface area contributed by atoms with Crippen LogP contribution in [0.25, 0.3) is 0 Å². The first-order valence-corrected chi connectivity index (χ1v) is 7.98. The Labute approximate surface area is 147 Å². The summed E-state index contributed by atoms with van der Waals surface area (Å²) >= 11 is 0. The smallest absolute Gasteiger partial charge is 0.472 e. The van der Waals surface area contributed by atoms with Crippen LogP contribution in [0.3, 0.4) is 0 Å². The van der Waals surface area contributed by atoms with Crippen LogP contribution in [0.1, 0.15) is 23.2 Å². The van der Waals surface area contributed by atoms with Gasteiger partial charge in [0.15, 0.2) is 0 Å². The average Bonchev–Trinajstić information content (AvgIpc) is 2.61. The SMILES string of the molecule is O=C(c1cccc(OC(F)(F)F)c1)N1CCCC(Oc2ccncn2)C1. The number of benzene rings is 1. The van der Waals surface area contributed by atoms with Gasteiger partial charge in [-0.05, 0) is 31.0 Å². The van der Waals surface area contributed by atoms with E-state index in [1.165, 1.54) is 18.5 Å². The van der Waals surface area contributed by atoms with Gasteiger partial charge in [0.25, 0.3) is 5.91 Å². The van der Waals surface area contributed by atoms with Crippen LogP contribution in [0, 0.1) is 0 Å². The molecule has 0 bridgehead atoms. The van der Waals surface area contributed by atoms with E-state index in [2.05, 4.69) is 14.7 Å². The zero-order chi connectivity index (χ0) is 18.6. The highest BCUT2D eigenvalue weighted by Gasteiger charge is 2.32. The molecule has 1 aromatic carbocycles. The van der Waals surface area contributed by atoms with E-state index in [1.54, 1.807) is 17.2 Å². The van der Waals surface area contributed by atoms with Crippen molar-refractivity contribution in [1.29, 1.82) is 0 Å². The Bertz CT molecular complexity index is 756. The van der Waals surface area contributed by atoms with Crippen molar-refractivity contribution in [2.24, 2.45) is 0 Å². The topological polar surface area (TPSA) is 64.5 Å². The molecule has 9 heteroatoms. The van der Waals surface area contributed by atoms with Crippen LogP contribution in [0.5, 0.6) is 11.6 Å². The van der Waals surface area contributed by atoms with E-state index in [9.17, 15) is 18.0 Å². The summed E-state index contributed by atoms with van der Waals surface area (Å²) in [5.41, 5.74) is 0.134. The predicted molar refractivity (Wildman–Crippen MR) is 84.7 cm³/mol. The molecule has 1 atom stereocenters. The quantitative estimate of drug-likeness (QED) is 0.831. The van der Waals surface area contributed by atoms with Crippen LogP contribution in [0.15, 0.2) is 42.9 Å². The molecule has 1 aromatic heterocycles. The molecule has 3 rings (SSSR count). The molecule has 2 heterocycles. The number of likely N-dealkylation sites (tertiary alicyclic amines) is 1. The molecule has 1 saturated heterocycles. The number of hydrogen-bond donors (Lipinski definition) is 0. The molecule has 1 unspecified atom stereocenters. The van der Waals surface area contributed by atoms with Gasteiger partial charge in [-0.3, -0.25) is 4.79 Å². The first-order chi connectivity index (χ1) is 12.4. The highest BCUT2D eigenvalue weighted by molar-refractivity contribution is 5.94. The fourth-order valence-electron chi connectivity index (χ4n) is 2.75. The summed E-state index contributed by atoms with van der Waals surface area (Å²) in [6.45, 7) is 0.833. The van der Waals surface area contributed by atoms with E-state index in [0.717, 1.165) is 25.0 Å². The molecule has 6 nitrogen and oxygen atoms in total. The number of piperidine rings is 1. The normalized spacial score (nSPS) is 17.7. The third-order valence-electron chi connectivity index (χ3n) is 3.82. The lowest BCUT2D eigenvalue weighted by Gasteiger charge is -2.32. The van der Waals surface area contributed by atoms with E-state index >= 15 is 0 Å². The standard InChI is InChI=1S/C17H16F3N3O3/c18-17(19,20)26-13-4-1-3-12(9-13)16(24)23-8-2-5-14(10-23)25-15-6-7-21-11-22-15/h1,3-4,6-7,9,11,14H,2,5,8,10H2. The number of halogens is 3. The summed E-state index contributed by atoms with van der Waals surface area (Å²) in [6, 6.07) is 6.68. The van der Waals surface area contributed by atoms with Gasteiger partial charge in [-0.15, -0.1) is 13.2 Å². The number of rotatable bonds is 4. The zero-order valence-corrected chi connectivity index (χ0v) is 13.6. The van der Waals surface area contributed by atoms with E-state index in [1.807, 2.05) is 0 Å². The maximum Gasteiger partial charge on any atom is 0.573 e. The fourth-order valence-corrected chi connectivity index (χ4v) is 2.75. The molecule has 0 aliphatic carbocycles. The Morgan fingerprint density at radius 1 is 1.27 bits per heavy atom. The first kappa shape index (κ1) is 18.0. The highest BCUT2D eigenvalue weighted by atomic mass is 19.4. The number of nitrogens with zero attached hydrogens (tertiary/aromatic N) is 3. The Morgan fingerprint density at radius 3 is 2.85 bits per heavy atom. The molecule has 2 aromatic rings. The summed E-state index contributed by atoms with van der Waals surface area (Å²) in [5, 5.41) is 0. The van der Waals surface area contributed by atoms with E-state index in [4.69, 9.17) is 4.74 Å². The summed E-state index contributed by atoms with van der Waals surface area (Å²) in [4.78, 5) is 22.0. The van der Waals surface area contributed by atoms with E-state index < -0.39 is 12.1 Å². The fraction of sp³-hybridized carbons (Fsp3) is 0.353. The number of carbonyl (C=O) groups is 1. The van der Waals surface area contributed by atoms with Crippen LogP contribution in [-0.4, -0.2) is 46.3 Å². The number of ether oxygens (including phenoxy) is 2. The van der Waals surface area contributed by atoms with E-state index in [-0.39, 0.29) is 17.6 Å². The van der Waals surface area contributed by atoms with Crippen molar-refractivity contribution in [2.75, 3.05) is 13.1 Å². The number of carbonyl (C=O) groups excluding carboxylic acids is 1. The maximum atomic E-state index is 12.6. The Morgan fingerprint density at radius 2 is 2.12 bits per heavy atom. The molecule has 1 aliphatic heterocycles. The van der Waals surface area contributed by atoms with Gasteiger partial charge in [-0.25, -0.2) is 9.97 Å². The minimum absolute atomic E-state index is 0.134. The Balaban J connectivity index is 1.66. The third kappa shape index (κ3) is 4.84. The van der Waals surface area contributed by atoms with Crippen LogP contribution >= 0.6 is 0 Å². The summed E-state index contributed by atoms with van der Waals surface area (Å²) in [6.07, 6.45) is -0.640. The minimum atomic E-state index is -4.80. The number of hydrogen-bond acceptors (Lipinski definition) is 5. The van der Waals surface area contributed by atoms with Gasteiger partial charge in [0.05, 0.1) is 6.54 Å². The predicted octanol–water partition coefficient (Wildman–Crippen LogP) is 3.06. The largest absolute Gasteiger partial charge is 0.573 e. The number of alkyl halides is 3. The van der Waals surface area contributed by atoms with Crippen molar-refractivity contribution in [1.82, 2.24) is 14.9 Å². The van der Waals surface area contributed by atoms with Gasteiger partial charge in [0.2, 0.25) is 5.88 Å². The molecule has 138 valence electrons. The molecule has 1 amide bonds. The van der Waals surface area contributed by atoms with Crippen LogP contribution < -0.4 is 9.47 Å². The highest BCUT2D eigenvalue weighted by Crippen LogP contribution is 2.25. The van der Waals surface area contributed by atoms with Gasteiger partial charge in [0.1, 0.15) is 18.2 Å². The lowest BCUT2D eigenvalue weighted by Crippen LogP contribution is -2.44. The molecule has 0 saturated carbocycles. The third-order valence-corrected chi connectivity index (χ3v) is 3.82. The van der Waals surface area contributed by atoms with Crippen molar-refractivity contribution < 1.29 is 27.4 Å². The van der Waals surface area contributed by atoms with Crippen molar-refractivity contribution in [2.45, 2.75) is 25.3 Å². The van der Waals surface area contributed by atoms with E-state index in [0.29, 0.717) is 19.0 Å². The van der Waals surface area contributed by atoms with Crippen molar-refractivity contribution in [3.05, 3.63) is 48.4 Å². The number of aromatic nitrogens is 2. The molecular formula is C17H16F3N3O3. The van der Waals surface area contributed by atoms with Crippen molar-refractivity contribution in [3.63, 3.8) is 0 Å². The lowest BCUT2D eigenvalue weighted by atomic mass is 10.1. The minimum Gasteiger partial charge on any atom is -0.472 e. The average molecular weight is 367 g/mol. The molecule has 0 N–H and O–H groups in total. The van der Waals surface area contributed by atoms with Crippen molar-refractivity contribution in [3.8, 4) is 11.6 Å².